The molecule has 2 aromatic rings. The molecule has 0 fully saturated rings. The minimum atomic E-state index is -0.356. The number of hydrogen-bond acceptors (Lipinski definition) is 2. The maximum Gasteiger partial charge on any atom is 0.193 e. The highest BCUT2D eigenvalue weighted by Crippen LogP contribution is 2.17. The van der Waals surface area contributed by atoms with Crippen LogP contribution in [-0.4, -0.2) is 13.1 Å². The Balaban J connectivity index is 2.08. The van der Waals surface area contributed by atoms with Crippen LogP contribution >= 0.6 is 0 Å². The van der Waals surface area contributed by atoms with Crippen LogP contribution in [0.1, 0.15) is 16.7 Å². The molecule has 0 atom stereocenters. The lowest BCUT2D eigenvalue weighted by molar-refractivity contribution is 0.410. The van der Waals surface area contributed by atoms with Crippen molar-refractivity contribution in [3.05, 3.63) is 58.9 Å². The summed E-state index contributed by atoms with van der Waals surface area (Å²) in [6.07, 6.45) is 0. The number of methoxy groups -OCH3 is 1. The van der Waals surface area contributed by atoms with Crippen molar-refractivity contribution in [2.24, 2.45) is 10.7 Å². The van der Waals surface area contributed by atoms with E-state index in [1.165, 1.54) is 19.2 Å². The molecule has 0 saturated carbocycles. The predicted octanol–water partition coefficient (Wildman–Crippen LogP) is 3.38. The van der Waals surface area contributed by atoms with Gasteiger partial charge in [-0.25, -0.2) is 9.38 Å². The lowest BCUT2D eigenvalue weighted by atomic mass is 10.1. The molecular formula is C17H20FN3O. The van der Waals surface area contributed by atoms with E-state index < -0.39 is 0 Å². The Hall–Kier alpha value is -2.56. The van der Waals surface area contributed by atoms with E-state index in [2.05, 4.69) is 16.4 Å². The van der Waals surface area contributed by atoms with Crippen molar-refractivity contribution in [1.82, 2.24) is 0 Å². The van der Waals surface area contributed by atoms with Gasteiger partial charge in [0.1, 0.15) is 11.6 Å². The third-order valence-electron chi connectivity index (χ3n) is 3.09. The van der Waals surface area contributed by atoms with Crippen molar-refractivity contribution in [2.75, 3.05) is 12.4 Å². The number of nitrogens with one attached hydrogen (secondary N) is 1. The van der Waals surface area contributed by atoms with Crippen LogP contribution in [0.5, 0.6) is 5.75 Å². The van der Waals surface area contributed by atoms with Crippen LogP contribution in [0.15, 0.2) is 41.4 Å². The summed E-state index contributed by atoms with van der Waals surface area (Å²) in [5, 5.41) is 3.04. The maximum absolute atomic E-state index is 13.4. The SMILES string of the molecule is COc1cc(F)cc(CN=C(N)Nc2cc(C)cc(C)c2)c1. The number of aryl methyl sites for hydroxylation is 2. The van der Waals surface area contributed by atoms with Gasteiger partial charge in [0.05, 0.1) is 13.7 Å². The fourth-order valence-electron chi connectivity index (χ4n) is 2.24. The highest BCUT2D eigenvalue weighted by Gasteiger charge is 2.02. The summed E-state index contributed by atoms with van der Waals surface area (Å²) in [4.78, 5) is 4.23. The van der Waals surface area contributed by atoms with E-state index in [1.807, 2.05) is 26.0 Å². The quantitative estimate of drug-likeness (QED) is 0.672. The second-order valence-electron chi connectivity index (χ2n) is 5.20. The largest absolute Gasteiger partial charge is 0.497 e. The highest BCUT2D eigenvalue weighted by molar-refractivity contribution is 5.92. The van der Waals surface area contributed by atoms with Gasteiger partial charge in [0.25, 0.3) is 0 Å². The van der Waals surface area contributed by atoms with Crippen LogP contribution in [0.3, 0.4) is 0 Å². The van der Waals surface area contributed by atoms with Crippen molar-refractivity contribution in [2.45, 2.75) is 20.4 Å². The van der Waals surface area contributed by atoms with Crippen molar-refractivity contribution in [1.29, 1.82) is 0 Å². The van der Waals surface area contributed by atoms with Crippen LogP contribution in [0.25, 0.3) is 0 Å². The summed E-state index contributed by atoms with van der Waals surface area (Å²) >= 11 is 0. The first-order valence-corrected chi connectivity index (χ1v) is 6.95. The van der Waals surface area contributed by atoms with Gasteiger partial charge >= 0.3 is 0 Å². The Morgan fingerprint density at radius 2 is 1.82 bits per heavy atom. The van der Waals surface area contributed by atoms with Crippen LogP contribution in [0, 0.1) is 19.7 Å². The second kappa shape index (κ2) is 6.93. The molecule has 0 aromatic heterocycles. The number of halogens is 1. The Morgan fingerprint density at radius 3 is 2.45 bits per heavy atom. The van der Waals surface area contributed by atoms with Crippen molar-refractivity contribution < 1.29 is 9.13 Å². The molecule has 0 unspecified atom stereocenters. The van der Waals surface area contributed by atoms with E-state index in [1.54, 1.807) is 6.07 Å². The summed E-state index contributed by atoms with van der Waals surface area (Å²) in [6, 6.07) is 10.5. The monoisotopic (exact) mass is 301 g/mol. The smallest absolute Gasteiger partial charge is 0.193 e. The van der Waals surface area contributed by atoms with Crippen LogP contribution in [0.4, 0.5) is 10.1 Å². The number of anilines is 1. The van der Waals surface area contributed by atoms with Gasteiger partial charge in [-0.2, -0.15) is 0 Å². The van der Waals surface area contributed by atoms with Gasteiger partial charge in [0.2, 0.25) is 0 Å². The molecular weight excluding hydrogens is 281 g/mol. The van der Waals surface area contributed by atoms with Gasteiger partial charge in [-0.1, -0.05) is 6.07 Å². The van der Waals surface area contributed by atoms with Crippen LogP contribution in [-0.2, 0) is 6.54 Å². The molecule has 2 rings (SSSR count). The highest BCUT2D eigenvalue weighted by atomic mass is 19.1. The van der Waals surface area contributed by atoms with Gasteiger partial charge in [-0.3, -0.25) is 0 Å². The standard InChI is InChI=1S/C17H20FN3O/c1-11-4-12(2)6-15(5-11)21-17(19)20-10-13-7-14(18)9-16(8-13)22-3/h4-9H,10H2,1-3H3,(H3,19,20,21). The third-order valence-corrected chi connectivity index (χ3v) is 3.09. The fourth-order valence-corrected chi connectivity index (χ4v) is 2.24. The summed E-state index contributed by atoms with van der Waals surface area (Å²) in [6.45, 7) is 4.31. The first-order valence-electron chi connectivity index (χ1n) is 6.95. The molecule has 22 heavy (non-hydrogen) atoms. The number of nitrogens with zero attached hydrogens (tertiary/aromatic N) is 1. The molecule has 0 heterocycles. The zero-order valence-electron chi connectivity index (χ0n) is 13.0. The fraction of sp³-hybridized carbons (Fsp3) is 0.235. The molecule has 2 aromatic carbocycles. The second-order valence-corrected chi connectivity index (χ2v) is 5.20. The van der Waals surface area contributed by atoms with Crippen molar-refractivity contribution in [3.8, 4) is 5.75 Å². The van der Waals surface area contributed by atoms with E-state index >= 15 is 0 Å². The molecule has 0 aliphatic carbocycles. The molecule has 0 saturated heterocycles. The first kappa shape index (κ1) is 15.8. The molecule has 0 aliphatic heterocycles. The van der Waals surface area contributed by atoms with Crippen molar-refractivity contribution in [3.63, 3.8) is 0 Å². The van der Waals surface area contributed by atoms with Gasteiger partial charge in [0.15, 0.2) is 5.96 Å². The molecule has 0 bridgehead atoms. The lowest BCUT2D eigenvalue weighted by Crippen LogP contribution is -2.22. The molecule has 0 aliphatic rings. The molecule has 4 nitrogen and oxygen atoms in total. The van der Waals surface area contributed by atoms with E-state index in [9.17, 15) is 4.39 Å². The Morgan fingerprint density at radius 1 is 1.14 bits per heavy atom. The van der Waals surface area contributed by atoms with E-state index in [4.69, 9.17) is 10.5 Å². The summed E-state index contributed by atoms with van der Waals surface area (Å²) in [7, 11) is 1.50. The predicted molar refractivity (Wildman–Crippen MR) is 87.8 cm³/mol. The average molecular weight is 301 g/mol. The lowest BCUT2D eigenvalue weighted by Gasteiger charge is -2.08. The van der Waals surface area contributed by atoms with Gasteiger partial charge in [-0.05, 0) is 54.8 Å². The number of ether oxygens (including phenoxy) is 1. The van der Waals surface area contributed by atoms with E-state index in [0.29, 0.717) is 11.3 Å². The number of rotatable bonds is 4. The van der Waals surface area contributed by atoms with Crippen LogP contribution in [0.2, 0.25) is 0 Å². The molecule has 0 amide bonds. The van der Waals surface area contributed by atoms with Gasteiger partial charge in [0, 0.05) is 11.8 Å². The molecule has 3 N–H and O–H groups in total. The zero-order chi connectivity index (χ0) is 16.1. The Bertz CT molecular complexity index is 678. The number of hydrogen-bond donors (Lipinski definition) is 2. The number of nitrogens with two attached hydrogens (primary N) is 1. The van der Waals surface area contributed by atoms with Crippen molar-refractivity contribution >= 4 is 11.6 Å². The number of benzene rings is 2. The average Bonchev–Trinajstić information content (AvgIpc) is 2.43. The minimum Gasteiger partial charge on any atom is -0.497 e. The van der Waals surface area contributed by atoms with E-state index in [-0.39, 0.29) is 18.3 Å². The summed E-state index contributed by atoms with van der Waals surface area (Å²) < 4.78 is 18.4. The third kappa shape index (κ3) is 4.48. The summed E-state index contributed by atoms with van der Waals surface area (Å²) in [5.74, 6) is 0.393. The minimum absolute atomic E-state index is 0.276. The number of guanidine groups is 1. The summed E-state index contributed by atoms with van der Waals surface area (Å²) in [5.41, 5.74) is 9.74. The number of aliphatic imine (C=N–C) groups is 1. The maximum atomic E-state index is 13.4. The van der Waals surface area contributed by atoms with E-state index in [0.717, 1.165) is 16.8 Å². The Labute approximate surface area is 129 Å². The first-order chi connectivity index (χ1) is 10.5. The normalized spacial score (nSPS) is 11.4. The zero-order valence-corrected chi connectivity index (χ0v) is 13.0. The molecule has 0 spiro atoms. The molecule has 0 radical (unpaired) electrons. The van der Waals surface area contributed by atoms with Gasteiger partial charge < -0.3 is 15.8 Å². The molecule has 116 valence electrons. The Kier molecular flexibility index (Phi) is 4.99. The van der Waals surface area contributed by atoms with Gasteiger partial charge in [-0.15, -0.1) is 0 Å². The van der Waals surface area contributed by atoms with Crippen LogP contribution < -0.4 is 15.8 Å². The topological polar surface area (TPSA) is 59.6 Å². The molecule has 5 heteroatoms.